The van der Waals surface area contributed by atoms with E-state index in [1.165, 1.54) is 6.20 Å². The van der Waals surface area contributed by atoms with Crippen LogP contribution >= 0.6 is 11.6 Å². The zero-order valence-electron chi connectivity index (χ0n) is 9.48. The van der Waals surface area contributed by atoms with Gasteiger partial charge in [0, 0.05) is 12.6 Å². The number of methoxy groups -OCH3 is 1. The number of hydrogen-bond donors (Lipinski definition) is 0. The highest BCUT2D eigenvalue weighted by atomic mass is 35.5. The van der Waals surface area contributed by atoms with Crippen molar-refractivity contribution in [2.24, 2.45) is 7.05 Å². The molecule has 0 saturated carbocycles. The molecule has 88 valence electrons. The van der Waals surface area contributed by atoms with Crippen molar-refractivity contribution in [2.75, 3.05) is 7.11 Å². The van der Waals surface area contributed by atoms with Crippen molar-refractivity contribution in [3.63, 3.8) is 0 Å². The van der Waals surface area contributed by atoms with Crippen molar-refractivity contribution in [1.29, 1.82) is 0 Å². The smallest absolute Gasteiger partial charge is 0.153 e. The average molecular weight is 251 g/mol. The fourth-order valence-electron chi connectivity index (χ4n) is 1.71. The SMILES string of the molecule is COc1ccc(-c2c(C=O)cnn2C)cc1Cl. The summed E-state index contributed by atoms with van der Waals surface area (Å²) < 4.78 is 6.72. The number of hydrogen-bond acceptors (Lipinski definition) is 3. The molecule has 0 aliphatic carbocycles. The number of aldehydes is 1. The lowest BCUT2D eigenvalue weighted by Gasteiger charge is -2.07. The van der Waals surface area contributed by atoms with Gasteiger partial charge in [0.15, 0.2) is 6.29 Å². The summed E-state index contributed by atoms with van der Waals surface area (Å²) in [7, 11) is 3.34. The lowest BCUT2D eigenvalue weighted by Crippen LogP contribution is -1.95. The normalized spacial score (nSPS) is 10.3. The first-order valence-electron chi connectivity index (χ1n) is 4.98. The number of benzene rings is 1. The Kier molecular flexibility index (Phi) is 3.15. The topological polar surface area (TPSA) is 44.1 Å². The highest BCUT2D eigenvalue weighted by Gasteiger charge is 2.12. The van der Waals surface area contributed by atoms with Crippen LogP contribution in [-0.4, -0.2) is 23.2 Å². The van der Waals surface area contributed by atoms with Gasteiger partial charge in [0.1, 0.15) is 5.75 Å². The quantitative estimate of drug-likeness (QED) is 0.787. The summed E-state index contributed by atoms with van der Waals surface area (Å²) in [5.74, 6) is 0.602. The maximum Gasteiger partial charge on any atom is 0.153 e. The largest absolute Gasteiger partial charge is 0.495 e. The summed E-state index contributed by atoms with van der Waals surface area (Å²) >= 11 is 6.05. The van der Waals surface area contributed by atoms with Crippen molar-refractivity contribution in [1.82, 2.24) is 9.78 Å². The third kappa shape index (κ3) is 2.03. The van der Waals surface area contributed by atoms with E-state index in [4.69, 9.17) is 16.3 Å². The van der Waals surface area contributed by atoms with Crippen LogP contribution in [0.5, 0.6) is 5.75 Å². The molecule has 0 saturated heterocycles. The molecule has 0 radical (unpaired) electrons. The average Bonchev–Trinajstić information content (AvgIpc) is 2.70. The van der Waals surface area contributed by atoms with E-state index in [1.807, 2.05) is 6.07 Å². The van der Waals surface area contributed by atoms with Gasteiger partial charge in [0.05, 0.1) is 29.6 Å². The van der Waals surface area contributed by atoms with E-state index < -0.39 is 0 Å². The monoisotopic (exact) mass is 250 g/mol. The van der Waals surface area contributed by atoms with Crippen molar-refractivity contribution in [3.05, 3.63) is 35.0 Å². The fraction of sp³-hybridized carbons (Fsp3) is 0.167. The van der Waals surface area contributed by atoms with Gasteiger partial charge in [0.2, 0.25) is 0 Å². The van der Waals surface area contributed by atoms with E-state index in [2.05, 4.69) is 5.10 Å². The van der Waals surface area contributed by atoms with Gasteiger partial charge in [-0.15, -0.1) is 0 Å². The molecule has 0 aliphatic heterocycles. The first-order valence-corrected chi connectivity index (χ1v) is 5.36. The predicted molar refractivity (Wildman–Crippen MR) is 65.6 cm³/mol. The minimum atomic E-state index is 0.503. The molecule has 4 nitrogen and oxygen atoms in total. The maximum absolute atomic E-state index is 10.9. The number of carbonyl (C=O) groups excluding carboxylic acids is 1. The van der Waals surface area contributed by atoms with Crippen LogP contribution < -0.4 is 4.74 Å². The molecule has 0 unspecified atom stereocenters. The molecule has 0 amide bonds. The van der Waals surface area contributed by atoms with Gasteiger partial charge >= 0.3 is 0 Å². The third-order valence-electron chi connectivity index (χ3n) is 2.52. The van der Waals surface area contributed by atoms with Gasteiger partial charge in [-0.1, -0.05) is 11.6 Å². The molecule has 17 heavy (non-hydrogen) atoms. The molecule has 1 aromatic heterocycles. The Morgan fingerprint density at radius 2 is 2.24 bits per heavy atom. The van der Waals surface area contributed by atoms with Gasteiger partial charge in [-0.05, 0) is 18.2 Å². The van der Waals surface area contributed by atoms with Crippen LogP contribution in [0.2, 0.25) is 5.02 Å². The van der Waals surface area contributed by atoms with Crippen molar-refractivity contribution >= 4 is 17.9 Å². The Balaban J connectivity index is 2.56. The minimum absolute atomic E-state index is 0.503. The molecule has 5 heteroatoms. The minimum Gasteiger partial charge on any atom is -0.495 e. The van der Waals surface area contributed by atoms with Gasteiger partial charge in [0.25, 0.3) is 0 Å². The van der Waals surface area contributed by atoms with E-state index in [1.54, 1.807) is 31.0 Å². The number of halogens is 1. The van der Waals surface area contributed by atoms with E-state index in [0.717, 1.165) is 17.5 Å². The molecule has 0 fully saturated rings. The van der Waals surface area contributed by atoms with Crippen LogP contribution in [0.15, 0.2) is 24.4 Å². The summed E-state index contributed by atoms with van der Waals surface area (Å²) in [4.78, 5) is 10.9. The van der Waals surface area contributed by atoms with Crippen LogP contribution in [0, 0.1) is 0 Å². The Labute approximate surface area is 104 Å². The van der Waals surface area contributed by atoms with Crippen LogP contribution in [0.4, 0.5) is 0 Å². The van der Waals surface area contributed by atoms with Crippen LogP contribution in [-0.2, 0) is 7.05 Å². The molecular weight excluding hydrogens is 240 g/mol. The number of aryl methyl sites for hydroxylation is 1. The molecule has 0 bridgehead atoms. The Morgan fingerprint density at radius 1 is 1.47 bits per heavy atom. The predicted octanol–water partition coefficient (Wildman–Crippen LogP) is 2.56. The van der Waals surface area contributed by atoms with Gasteiger partial charge in [-0.3, -0.25) is 9.48 Å². The first-order chi connectivity index (χ1) is 8.17. The molecule has 0 spiro atoms. The van der Waals surface area contributed by atoms with Gasteiger partial charge in [-0.25, -0.2) is 0 Å². The molecule has 2 rings (SSSR count). The summed E-state index contributed by atoms with van der Waals surface area (Å²) in [5.41, 5.74) is 2.11. The number of aromatic nitrogens is 2. The maximum atomic E-state index is 10.9. The van der Waals surface area contributed by atoms with E-state index in [-0.39, 0.29) is 0 Å². The number of nitrogens with zero attached hydrogens (tertiary/aromatic N) is 2. The molecule has 0 atom stereocenters. The lowest BCUT2D eigenvalue weighted by atomic mass is 10.1. The Morgan fingerprint density at radius 3 is 2.82 bits per heavy atom. The molecular formula is C12H11ClN2O2. The Bertz CT molecular complexity index is 564. The van der Waals surface area contributed by atoms with Crippen LogP contribution in [0.25, 0.3) is 11.3 Å². The number of rotatable bonds is 3. The molecule has 1 heterocycles. The van der Waals surface area contributed by atoms with Crippen LogP contribution in [0.1, 0.15) is 10.4 Å². The number of carbonyl (C=O) groups is 1. The van der Waals surface area contributed by atoms with E-state index >= 15 is 0 Å². The molecule has 2 aromatic rings. The summed E-state index contributed by atoms with van der Waals surface area (Å²) in [5, 5.41) is 4.55. The van der Waals surface area contributed by atoms with Crippen molar-refractivity contribution in [3.8, 4) is 17.0 Å². The highest BCUT2D eigenvalue weighted by molar-refractivity contribution is 6.32. The second-order valence-corrected chi connectivity index (χ2v) is 3.95. The molecule has 0 aliphatic rings. The van der Waals surface area contributed by atoms with E-state index in [9.17, 15) is 4.79 Å². The highest BCUT2D eigenvalue weighted by Crippen LogP contribution is 2.31. The van der Waals surface area contributed by atoms with Gasteiger partial charge in [-0.2, -0.15) is 5.10 Å². The second kappa shape index (κ2) is 4.59. The molecule has 1 aromatic carbocycles. The Hall–Kier alpha value is -1.81. The summed E-state index contributed by atoms with van der Waals surface area (Å²) in [6, 6.07) is 5.36. The standard InChI is InChI=1S/C12H11ClN2O2/c1-15-12(9(7-16)6-14-15)8-3-4-11(17-2)10(13)5-8/h3-7H,1-2H3. The zero-order valence-corrected chi connectivity index (χ0v) is 10.2. The first kappa shape index (κ1) is 11.7. The summed E-state index contributed by atoms with van der Waals surface area (Å²) in [6.07, 6.45) is 2.31. The molecule has 0 N–H and O–H groups in total. The fourth-order valence-corrected chi connectivity index (χ4v) is 1.97. The lowest BCUT2D eigenvalue weighted by molar-refractivity contribution is 0.112. The van der Waals surface area contributed by atoms with Gasteiger partial charge < -0.3 is 4.74 Å². The zero-order chi connectivity index (χ0) is 12.4. The second-order valence-electron chi connectivity index (χ2n) is 3.54. The third-order valence-corrected chi connectivity index (χ3v) is 2.81. The van der Waals surface area contributed by atoms with E-state index in [0.29, 0.717) is 16.3 Å². The van der Waals surface area contributed by atoms with Crippen molar-refractivity contribution < 1.29 is 9.53 Å². The summed E-state index contributed by atoms with van der Waals surface area (Å²) in [6.45, 7) is 0. The number of ether oxygens (including phenoxy) is 1. The van der Waals surface area contributed by atoms with Crippen LogP contribution in [0.3, 0.4) is 0 Å². The van der Waals surface area contributed by atoms with Crippen molar-refractivity contribution in [2.45, 2.75) is 0 Å².